The lowest BCUT2D eigenvalue weighted by atomic mass is 10.2. The Bertz CT molecular complexity index is 970. The lowest BCUT2D eigenvalue weighted by Gasteiger charge is -2.06. The molecule has 2 aromatic heterocycles. The number of aromatic nitrogens is 2. The van der Waals surface area contributed by atoms with Crippen molar-refractivity contribution < 1.29 is 4.79 Å². The van der Waals surface area contributed by atoms with E-state index in [2.05, 4.69) is 31.8 Å². The zero-order valence-corrected chi connectivity index (χ0v) is 15.4. The molecule has 1 atom stereocenters. The van der Waals surface area contributed by atoms with Crippen molar-refractivity contribution in [1.82, 2.24) is 9.97 Å². The minimum atomic E-state index is -0.284. The number of nitrogens with one attached hydrogen (secondary N) is 2. The first-order valence-electron chi connectivity index (χ1n) is 8.14. The molecule has 3 aromatic rings. The highest BCUT2D eigenvalue weighted by Gasteiger charge is 2.23. The minimum absolute atomic E-state index is 0.131. The Balaban J connectivity index is 1.53. The number of hydrogen-bond acceptors (Lipinski definition) is 6. The average molecular weight is 384 g/mol. The molecule has 1 amide bonds. The number of rotatable bonds is 6. The molecule has 1 unspecified atom stereocenters. The summed E-state index contributed by atoms with van der Waals surface area (Å²) in [6, 6.07) is 14.0. The van der Waals surface area contributed by atoms with Crippen LogP contribution in [0.1, 0.15) is 12.1 Å². The number of nitrogens with two attached hydrogens (primary N) is 1. The number of para-hydroxylation sites is 1. The van der Waals surface area contributed by atoms with Crippen molar-refractivity contribution in [2.45, 2.75) is 16.7 Å². The predicted octanol–water partition coefficient (Wildman–Crippen LogP) is 3.42. The first-order valence-corrected chi connectivity index (χ1v) is 9.84. The topological polar surface area (TPSA) is 96.2 Å². The molecular weight excluding hydrogens is 366 g/mol. The number of hydrogen-bond donors (Lipinski definition) is 3. The molecule has 4 N–H and O–H groups in total. The molecule has 8 heteroatoms. The van der Waals surface area contributed by atoms with E-state index in [0.717, 1.165) is 32.4 Å². The fourth-order valence-corrected chi connectivity index (χ4v) is 4.51. The van der Waals surface area contributed by atoms with Gasteiger partial charge >= 0.3 is 0 Å². The Morgan fingerprint density at radius 1 is 1.35 bits per heavy atom. The van der Waals surface area contributed by atoms with E-state index in [-0.39, 0.29) is 11.2 Å². The number of carbonyl (C=O) groups is 1. The van der Waals surface area contributed by atoms with Gasteiger partial charge in [0.15, 0.2) is 0 Å². The number of aliphatic imine (C=N–C) groups is 1. The smallest absolute Gasteiger partial charge is 0.218 e. The molecule has 0 bridgehead atoms. The van der Waals surface area contributed by atoms with Crippen LogP contribution in [0, 0.1) is 0 Å². The van der Waals surface area contributed by atoms with Gasteiger partial charge < -0.3 is 15.4 Å². The number of nitrogens with zero attached hydrogens (tertiary/aromatic N) is 2. The minimum Gasteiger partial charge on any atom is -0.370 e. The summed E-state index contributed by atoms with van der Waals surface area (Å²) in [4.78, 5) is 23.4. The Morgan fingerprint density at radius 2 is 2.27 bits per heavy atom. The zero-order valence-electron chi connectivity index (χ0n) is 13.8. The number of anilines is 1. The van der Waals surface area contributed by atoms with Gasteiger partial charge in [-0.05, 0) is 24.3 Å². The predicted molar refractivity (Wildman–Crippen MR) is 109 cm³/mol. The van der Waals surface area contributed by atoms with Gasteiger partial charge in [-0.3, -0.25) is 9.79 Å². The van der Waals surface area contributed by atoms with Crippen LogP contribution < -0.4 is 10.5 Å². The first kappa shape index (κ1) is 17.0. The molecule has 3 heterocycles. The van der Waals surface area contributed by atoms with Gasteiger partial charge in [0.2, 0.25) is 5.91 Å². The van der Waals surface area contributed by atoms with Crippen molar-refractivity contribution in [1.29, 1.82) is 0 Å². The summed E-state index contributed by atoms with van der Waals surface area (Å²) in [6.45, 7) is 0.624. The summed E-state index contributed by atoms with van der Waals surface area (Å²) in [6.07, 6.45) is 2.13. The summed E-state index contributed by atoms with van der Waals surface area (Å²) in [5.74, 6) is -0.284. The molecule has 6 nitrogen and oxygen atoms in total. The molecule has 1 aromatic carbocycles. The molecule has 4 rings (SSSR count). The highest BCUT2D eigenvalue weighted by molar-refractivity contribution is 8.15. The highest BCUT2D eigenvalue weighted by Crippen LogP contribution is 2.32. The van der Waals surface area contributed by atoms with Crippen molar-refractivity contribution in [3.63, 3.8) is 0 Å². The van der Waals surface area contributed by atoms with E-state index < -0.39 is 0 Å². The van der Waals surface area contributed by atoms with E-state index in [1.54, 1.807) is 18.0 Å². The summed E-state index contributed by atoms with van der Waals surface area (Å²) >= 11 is 3.07. The second kappa shape index (κ2) is 7.43. The molecule has 0 saturated carbocycles. The van der Waals surface area contributed by atoms with Gasteiger partial charge in [-0.2, -0.15) is 0 Å². The monoisotopic (exact) mass is 383 g/mol. The molecule has 1 aliphatic heterocycles. The standard InChI is InChI=1S/C18H17N5OS2/c19-15(24)9-12-10-21-18(25-12)14-8-11-4-3-5-13(17(11)22-14)23-26-16-6-1-2-7-20-16/h1-8,12,22-23H,9-10H2,(H2,19,24). The van der Waals surface area contributed by atoms with E-state index >= 15 is 0 Å². The zero-order chi connectivity index (χ0) is 17.9. The van der Waals surface area contributed by atoms with Crippen LogP contribution in [-0.2, 0) is 4.79 Å². The Kier molecular flexibility index (Phi) is 4.85. The maximum atomic E-state index is 11.1. The largest absolute Gasteiger partial charge is 0.370 e. The molecule has 26 heavy (non-hydrogen) atoms. The molecule has 132 valence electrons. The first-order chi connectivity index (χ1) is 12.7. The number of fused-ring (bicyclic) bond motifs is 1. The number of pyridine rings is 1. The second-order valence-electron chi connectivity index (χ2n) is 5.88. The molecule has 0 spiro atoms. The molecular formula is C18H17N5OS2. The number of thioether (sulfide) groups is 1. The van der Waals surface area contributed by atoms with Crippen LogP contribution >= 0.6 is 23.7 Å². The fourth-order valence-electron chi connectivity index (χ4n) is 2.77. The third-order valence-electron chi connectivity index (χ3n) is 3.94. The van der Waals surface area contributed by atoms with Crippen molar-refractivity contribution in [2.75, 3.05) is 11.3 Å². The van der Waals surface area contributed by atoms with E-state index in [0.29, 0.717) is 13.0 Å². The van der Waals surface area contributed by atoms with Gasteiger partial charge in [0.25, 0.3) is 0 Å². The van der Waals surface area contributed by atoms with E-state index in [1.807, 2.05) is 30.3 Å². The van der Waals surface area contributed by atoms with E-state index in [1.165, 1.54) is 11.9 Å². The average Bonchev–Trinajstić information content (AvgIpc) is 3.27. The molecule has 0 aliphatic carbocycles. The van der Waals surface area contributed by atoms with Crippen molar-refractivity contribution in [3.8, 4) is 0 Å². The highest BCUT2D eigenvalue weighted by atomic mass is 32.2. The SMILES string of the molecule is NC(=O)CC1CN=C(c2cc3cccc(NSc4ccccn4)c3[nH]2)S1. The number of carbonyl (C=O) groups excluding carboxylic acids is 1. The van der Waals surface area contributed by atoms with Crippen LogP contribution in [-0.4, -0.2) is 32.7 Å². The quantitative estimate of drug-likeness (QED) is 0.567. The normalized spacial score (nSPS) is 16.6. The van der Waals surface area contributed by atoms with E-state index in [4.69, 9.17) is 5.73 Å². The van der Waals surface area contributed by atoms with Gasteiger partial charge in [-0.15, -0.1) is 0 Å². The van der Waals surface area contributed by atoms with Gasteiger partial charge in [0.1, 0.15) is 10.1 Å². The summed E-state index contributed by atoms with van der Waals surface area (Å²) < 4.78 is 3.36. The van der Waals surface area contributed by atoms with Crippen LogP contribution in [0.25, 0.3) is 10.9 Å². The van der Waals surface area contributed by atoms with Gasteiger partial charge in [0.05, 0.1) is 23.4 Å². The van der Waals surface area contributed by atoms with Crippen LogP contribution in [0.4, 0.5) is 5.69 Å². The Morgan fingerprint density at radius 3 is 3.08 bits per heavy atom. The van der Waals surface area contributed by atoms with Gasteiger partial charge in [0, 0.05) is 35.2 Å². The van der Waals surface area contributed by atoms with Crippen LogP contribution in [0.5, 0.6) is 0 Å². The molecule has 0 fully saturated rings. The lowest BCUT2D eigenvalue weighted by molar-refractivity contribution is -0.117. The van der Waals surface area contributed by atoms with Crippen LogP contribution in [0.2, 0.25) is 0 Å². The van der Waals surface area contributed by atoms with Crippen molar-refractivity contribution >= 4 is 51.3 Å². The third kappa shape index (κ3) is 3.71. The summed E-state index contributed by atoms with van der Waals surface area (Å²) in [7, 11) is 0. The Labute approximate surface area is 159 Å². The van der Waals surface area contributed by atoms with Gasteiger partial charge in [-0.25, -0.2) is 4.98 Å². The second-order valence-corrected chi connectivity index (χ2v) is 8.00. The summed E-state index contributed by atoms with van der Waals surface area (Å²) in [5.41, 5.74) is 8.27. The van der Waals surface area contributed by atoms with Crippen LogP contribution in [0.15, 0.2) is 58.7 Å². The van der Waals surface area contributed by atoms with Gasteiger partial charge in [-0.1, -0.05) is 30.0 Å². The molecule has 0 radical (unpaired) electrons. The molecule has 0 saturated heterocycles. The van der Waals surface area contributed by atoms with Crippen LogP contribution in [0.3, 0.4) is 0 Å². The maximum Gasteiger partial charge on any atom is 0.218 e. The third-order valence-corrected chi connectivity index (χ3v) is 5.93. The van der Waals surface area contributed by atoms with Crippen molar-refractivity contribution in [3.05, 3.63) is 54.4 Å². The number of benzene rings is 1. The van der Waals surface area contributed by atoms with E-state index in [9.17, 15) is 4.79 Å². The number of primary amides is 1. The fraction of sp³-hybridized carbons (Fsp3) is 0.167. The number of amides is 1. The number of aromatic amines is 1. The maximum absolute atomic E-state index is 11.1. The molecule has 1 aliphatic rings. The lowest BCUT2D eigenvalue weighted by Crippen LogP contribution is -2.18. The van der Waals surface area contributed by atoms with Crippen molar-refractivity contribution in [2.24, 2.45) is 10.7 Å². The summed E-state index contributed by atoms with van der Waals surface area (Å²) in [5, 5.41) is 3.07. The number of H-pyrrole nitrogens is 1. The Hall–Kier alpha value is -2.45.